The van der Waals surface area contributed by atoms with Crippen LogP contribution in [0.15, 0.2) is 66.7 Å². The van der Waals surface area contributed by atoms with Gasteiger partial charge in [-0.15, -0.1) is 0 Å². The smallest absolute Gasteiger partial charge is 0.0991 e. The second kappa shape index (κ2) is 8.49. The molecule has 0 saturated heterocycles. The molecule has 0 amide bonds. The number of rotatable bonds is 7. The predicted octanol–water partition coefficient (Wildman–Crippen LogP) is 6.62. The predicted molar refractivity (Wildman–Crippen MR) is 106 cm³/mol. The maximum Gasteiger partial charge on any atom is 0.0991 e. The topological polar surface area (TPSA) is 23.8 Å². The van der Waals surface area contributed by atoms with E-state index in [4.69, 9.17) is 5.26 Å². The fourth-order valence-electron chi connectivity index (χ4n) is 3.51. The fourth-order valence-corrected chi connectivity index (χ4v) is 3.51. The molecule has 0 radical (unpaired) electrons. The quantitative estimate of drug-likeness (QED) is 0.447. The van der Waals surface area contributed by atoms with Crippen LogP contribution in [0.3, 0.4) is 0 Å². The lowest BCUT2D eigenvalue weighted by Crippen LogP contribution is -2.04. The molecule has 0 aliphatic heterocycles. The van der Waals surface area contributed by atoms with Crippen LogP contribution >= 0.6 is 0 Å². The van der Waals surface area contributed by atoms with Gasteiger partial charge >= 0.3 is 0 Å². The summed E-state index contributed by atoms with van der Waals surface area (Å²) in [7, 11) is 0. The molecule has 1 unspecified atom stereocenters. The summed E-state index contributed by atoms with van der Waals surface area (Å²) in [6, 6.07) is 25.7. The Morgan fingerprint density at radius 3 is 2.36 bits per heavy atom. The zero-order valence-corrected chi connectivity index (χ0v) is 14.9. The second-order valence-corrected chi connectivity index (χ2v) is 6.81. The molecule has 0 N–H and O–H groups in total. The van der Waals surface area contributed by atoms with E-state index in [0.29, 0.717) is 5.92 Å². The number of benzene rings is 3. The normalized spacial score (nSPS) is 12.0. The van der Waals surface area contributed by atoms with Crippen molar-refractivity contribution in [2.75, 3.05) is 0 Å². The highest BCUT2D eigenvalue weighted by Gasteiger charge is 2.13. The van der Waals surface area contributed by atoms with E-state index in [-0.39, 0.29) is 0 Å². The van der Waals surface area contributed by atoms with Crippen LogP contribution in [0.1, 0.15) is 55.2 Å². The summed E-state index contributed by atoms with van der Waals surface area (Å²) in [5.74, 6) is 0.514. The Hall–Kier alpha value is -2.59. The first-order chi connectivity index (χ1) is 12.3. The highest BCUT2D eigenvalue weighted by molar-refractivity contribution is 5.83. The Morgan fingerprint density at radius 2 is 1.64 bits per heavy atom. The lowest BCUT2D eigenvalue weighted by molar-refractivity contribution is 0.563. The first-order valence-electron chi connectivity index (χ1n) is 9.28. The van der Waals surface area contributed by atoms with E-state index in [9.17, 15) is 0 Å². The average Bonchev–Trinajstić information content (AvgIpc) is 2.67. The van der Waals surface area contributed by atoms with Crippen LogP contribution in [0.4, 0.5) is 0 Å². The number of hydrogen-bond acceptors (Lipinski definition) is 1. The number of nitrogens with zero attached hydrogens (tertiary/aromatic N) is 1. The van der Waals surface area contributed by atoms with E-state index in [1.807, 2.05) is 12.1 Å². The highest BCUT2D eigenvalue weighted by Crippen LogP contribution is 2.28. The Morgan fingerprint density at radius 1 is 0.880 bits per heavy atom. The first-order valence-corrected chi connectivity index (χ1v) is 9.28. The number of unbranched alkanes of at least 4 members (excludes halogenated alkanes) is 2. The summed E-state index contributed by atoms with van der Waals surface area (Å²) < 4.78 is 0. The lowest BCUT2D eigenvalue weighted by atomic mass is 9.87. The Labute approximate surface area is 150 Å². The molecule has 0 spiro atoms. The average molecular weight is 327 g/mol. The zero-order valence-electron chi connectivity index (χ0n) is 14.9. The third kappa shape index (κ3) is 4.48. The maximum absolute atomic E-state index is 9.03. The van der Waals surface area contributed by atoms with E-state index in [1.165, 1.54) is 47.6 Å². The van der Waals surface area contributed by atoms with Crippen molar-refractivity contribution in [1.82, 2.24) is 0 Å². The van der Waals surface area contributed by atoms with Crippen LogP contribution in [-0.2, 0) is 6.42 Å². The highest BCUT2D eigenvalue weighted by atomic mass is 14.2. The van der Waals surface area contributed by atoms with Gasteiger partial charge in [0, 0.05) is 0 Å². The summed E-state index contributed by atoms with van der Waals surface area (Å²) in [6.07, 6.45) is 6.04. The summed E-state index contributed by atoms with van der Waals surface area (Å²) >= 11 is 0. The Bertz CT molecular complexity index is 855. The van der Waals surface area contributed by atoms with Crippen molar-refractivity contribution in [2.24, 2.45) is 0 Å². The van der Waals surface area contributed by atoms with Crippen LogP contribution < -0.4 is 0 Å². The number of nitriles is 1. The standard InChI is InChI=1S/C24H25N/c1-2-3-4-8-24(22-13-10-19(18-25)11-14-22)17-20-12-15-21-7-5-6-9-23(21)16-20/h5-7,9-16,24H,2-4,8,17H2,1H3. The van der Waals surface area contributed by atoms with E-state index < -0.39 is 0 Å². The zero-order chi connectivity index (χ0) is 17.5. The van der Waals surface area contributed by atoms with Crippen LogP contribution in [0.5, 0.6) is 0 Å². The van der Waals surface area contributed by atoms with Gasteiger partial charge in [-0.25, -0.2) is 0 Å². The number of hydrogen-bond donors (Lipinski definition) is 0. The van der Waals surface area contributed by atoms with Gasteiger partial charge in [0.2, 0.25) is 0 Å². The van der Waals surface area contributed by atoms with Gasteiger partial charge in [0.05, 0.1) is 11.6 Å². The van der Waals surface area contributed by atoms with E-state index in [1.54, 1.807) is 0 Å². The Balaban J connectivity index is 1.83. The summed E-state index contributed by atoms with van der Waals surface area (Å²) in [6.45, 7) is 2.25. The van der Waals surface area contributed by atoms with Crippen molar-refractivity contribution >= 4 is 10.8 Å². The van der Waals surface area contributed by atoms with Crippen LogP contribution in [0.25, 0.3) is 10.8 Å². The van der Waals surface area contributed by atoms with Crippen molar-refractivity contribution in [3.63, 3.8) is 0 Å². The van der Waals surface area contributed by atoms with Gasteiger partial charge in [-0.3, -0.25) is 0 Å². The van der Waals surface area contributed by atoms with E-state index >= 15 is 0 Å². The third-order valence-electron chi connectivity index (χ3n) is 4.96. The van der Waals surface area contributed by atoms with E-state index in [2.05, 4.69) is 67.6 Å². The SMILES string of the molecule is CCCCCC(Cc1ccc2ccccc2c1)c1ccc(C#N)cc1. The van der Waals surface area contributed by atoms with Crippen LogP contribution in [-0.4, -0.2) is 0 Å². The van der Waals surface area contributed by atoms with Crippen molar-refractivity contribution in [3.8, 4) is 6.07 Å². The van der Waals surface area contributed by atoms with Crippen molar-refractivity contribution in [2.45, 2.75) is 44.9 Å². The molecule has 25 heavy (non-hydrogen) atoms. The molecule has 1 heteroatoms. The van der Waals surface area contributed by atoms with E-state index in [0.717, 1.165) is 12.0 Å². The molecule has 126 valence electrons. The molecule has 1 nitrogen and oxygen atoms in total. The molecule has 3 rings (SSSR count). The van der Waals surface area contributed by atoms with Gasteiger partial charge < -0.3 is 0 Å². The molecule has 0 bridgehead atoms. The minimum Gasteiger partial charge on any atom is -0.192 e. The van der Waals surface area contributed by atoms with Gasteiger partial charge in [0.15, 0.2) is 0 Å². The summed E-state index contributed by atoms with van der Waals surface area (Å²) in [4.78, 5) is 0. The van der Waals surface area contributed by atoms with Gasteiger partial charge in [-0.1, -0.05) is 80.8 Å². The molecule has 0 fully saturated rings. The maximum atomic E-state index is 9.03. The van der Waals surface area contributed by atoms with Crippen molar-refractivity contribution in [3.05, 3.63) is 83.4 Å². The molecule has 0 aliphatic carbocycles. The fraction of sp³-hybridized carbons (Fsp3) is 0.292. The molecule has 0 aromatic heterocycles. The molecule has 3 aromatic carbocycles. The third-order valence-corrected chi connectivity index (χ3v) is 4.96. The molecule has 0 aliphatic rings. The van der Waals surface area contributed by atoms with Crippen LogP contribution in [0.2, 0.25) is 0 Å². The molecule has 1 atom stereocenters. The van der Waals surface area contributed by atoms with Gasteiger partial charge in [-0.2, -0.15) is 5.26 Å². The molecular formula is C24H25N. The van der Waals surface area contributed by atoms with Crippen molar-refractivity contribution in [1.29, 1.82) is 5.26 Å². The Kier molecular flexibility index (Phi) is 5.86. The monoisotopic (exact) mass is 327 g/mol. The first kappa shape index (κ1) is 17.2. The van der Waals surface area contributed by atoms with Crippen LogP contribution in [0, 0.1) is 11.3 Å². The number of fused-ring (bicyclic) bond motifs is 1. The minimum atomic E-state index is 0.514. The molecule has 0 saturated carbocycles. The summed E-state index contributed by atoms with van der Waals surface area (Å²) in [5, 5.41) is 11.6. The minimum absolute atomic E-state index is 0.514. The molecular weight excluding hydrogens is 302 g/mol. The van der Waals surface area contributed by atoms with Gasteiger partial charge in [0.1, 0.15) is 0 Å². The molecule has 3 aromatic rings. The van der Waals surface area contributed by atoms with Gasteiger partial charge in [-0.05, 0) is 52.8 Å². The van der Waals surface area contributed by atoms with Crippen molar-refractivity contribution < 1.29 is 0 Å². The lowest BCUT2D eigenvalue weighted by Gasteiger charge is -2.18. The van der Waals surface area contributed by atoms with Gasteiger partial charge in [0.25, 0.3) is 0 Å². The second-order valence-electron chi connectivity index (χ2n) is 6.81. The summed E-state index contributed by atoms with van der Waals surface area (Å²) in [5.41, 5.74) is 3.48. The largest absolute Gasteiger partial charge is 0.192 e. The molecule has 0 heterocycles.